The zero-order valence-electron chi connectivity index (χ0n) is 16.7. The van der Waals surface area contributed by atoms with E-state index in [1.807, 2.05) is 35.7 Å². The van der Waals surface area contributed by atoms with E-state index in [0.717, 1.165) is 11.3 Å². The number of rotatable bonds is 4. The van der Waals surface area contributed by atoms with Crippen molar-refractivity contribution >= 4 is 62.1 Å². The molecule has 8 nitrogen and oxygen atoms in total. The van der Waals surface area contributed by atoms with Gasteiger partial charge in [0.25, 0.3) is 11.6 Å². The maximum Gasteiger partial charge on any atom is 0.283 e. The van der Waals surface area contributed by atoms with Crippen molar-refractivity contribution in [3.8, 4) is 11.3 Å². The molecule has 3 heterocycles. The molecule has 0 spiro atoms. The number of nitro benzene ring substituents is 1. The van der Waals surface area contributed by atoms with Crippen molar-refractivity contribution in [1.82, 2.24) is 4.90 Å². The Morgan fingerprint density at radius 1 is 1.15 bits per heavy atom. The van der Waals surface area contributed by atoms with Gasteiger partial charge in [-0.3, -0.25) is 25.2 Å². The zero-order chi connectivity index (χ0) is 23.1. The minimum absolute atomic E-state index is 0.0135. The molecule has 2 aromatic carbocycles. The molecule has 0 bridgehead atoms. The van der Waals surface area contributed by atoms with Crippen LogP contribution in [0.25, 0.3) is 23.1 Å². The van der Waals surface area contributed by atoms with Crippen LogP contribution in [0.3, 0.4) is 0 Å². The van der Waals surface area contributed by atoms with E-state index in [9.17, 15) is 14.9 Å². The molecule has 1 aromatic heterocycles. The molecular formula is C23H13BrN4O4S. The third kappa shape index (κ3) is 3.83. The Kier molecular flexibility index (Phi) is 5.31. The number of amides is 1. The fraction of sp³-hybridized carbons (Fsp3) is 0. The number of halogens is 1. The van der Waals surface area contributed by atoms with Crippen molar-refractivity contribution in [3.63, 3.8) is 0 Å². The topological polar surface area (TPSA) is 113 Å². The highest BCUT2D eigenvalue weighted by atomic mass is 79.9. The van der Waals surface area contributed by atoms with Crippen molar-refractivity contribution in [1.29, 1.82) is 5.41 Å². The molecule has 10 heteroatoms. The van der Waals surface area contributed by atoms with Crippen LogP contribution in [0, 0.1) is 15.5 Å². The van der Waals surface area contributed by atoms with E-state index < -0.39 is 10.8 Å². The molecule has 2 aliphatic rings. The van der Waals surface area contributed by atoms with Crippen molar-refractivity contribution in [3.05, 3.63) is 97.6 Å². The van der Waals surface area contributed by atoms with E-state index in [1.165, 1.54) is 30.0 Å². The molecule has 5 rings (SSSR count). The van der Waals surface area contributed by atoms with E-state index in [2.05, 4.69) is 20.9 Å². The van der Waals surface area contributed by atoms with Crippen LogP contribution < -0.4 is 0 Å². The average molecular weight is 521 g/mol. The first kappa shape index (κ1) is 21.1. The Morgan fingerprint density at radius 3 is 2.67 bits per heavy atom. The molecule has 0 saturated heterocycles. The van der Waals surface area contributed by atoms with Crippen molar-refractivity contribution in [2.75, 3.05) is 0 Å². The second kappa shape index (κ2) is 8.30. The van der Waals surface area contributed by atoms with Crippen molar-refractivity contribution in [2.45, 2.75) is 0 Å². The van der Waals surface area contributed by atoms with Crippen molar-refractivity contribution in [2.24, 2.45) is 4.99 Å². The lowest BCUT2D eigenvalue weighted by molar-refractivity contribution is -0.384. The quantitative estimate of drug-likeness (QED) is 0.259. The number of non-ortho nitro benzene ring substituents is 1. The summed E-state index contributed by atoms with van der Waals surface area (Å²) in [5.74, 6) is 0.318. The summed E-state index contributed by atoms with van der Waals surface area (Å²) < 4.78 is 6.37. The van der Waals surface area contributed by atoms with Crippen LogP contribution in [0.4, 0.5) is 5.69 Å². The predicted octanol–water partition coefficient (Wildman–Crippen LogP) is 5.92. The number of hydrogen-bond donors (Lipinski definition) is 1. The number of carbonyl (C=O) groups is 1. The van der Waals surface area contributed by atoms with Gasteiger partial charge in [0.1, 0.15) is 17.4 Å². The Labute approximate surface area is 200 Å². The Hall–Kier alpha value is -3.76. The molecule has 0 atom stereocenters. The third-order valence-corrected chi connectivity index (χ3v) is 6.51. The van der Waals surface area contributed by atoms with E-state index >= 15 is 0 Å². The highest BCUT2D eigenvalue weighted by Gasteiger charge is 2.36. The molecule has 1 N–H and O–H groups in total. The monoisotopic (exact) mass is 520 g/mol. The van der Waals surface area contributed by atoms with Gasteiger partial charge in [0, 0.05) is 27.6 Å². The minimum atomic E-state index is -0.518. The van der Waals surface area contributed by atoms with Crippen LogP contribution in [-0.2, 0) is 4.79 Å². The summed E-state index contributed by atoms with van der Waals surface area (Å²) in [5, 5.41) is 22.0. The molecule has 1 amide bonds. The molecule has 3 aromatic rings. The van der Waals surface area contributed by atoms with E-state index in [0.29, 0.717) is 26.7 Å². The Morgan fingerprint density at radius 2 is 1.94 bits per heavy atom. The van der Waals surface area contributed by atoms with E-state index in [1.54, 1.807) is 23.1 Å². The van der Waals surface area contributed by atoms with Crippen LogP contribution in [0.5, 0.6) is 0 Å². The number of aliphatic imine (C=N–C) groups is 1. The van der Waals surface area contributed by atoms with Gasteiger partial charge in [-0.2, -0.15) is 4.99 Å². The summed E-state index contributed by atoms with van der Waals surface area (Å²) in [6.45, 7) is 0. The lowest BCUT2D eigenvalue weighted by atomic mass is 10.1. The molecule has 0 radical (unpaired) electrons. The fourth-order valence-electron chi connectivity index (χ4n) is 3.45. The van der Waals surface area contributed by atoms with Crippen LogP contribution in [-0.4, -0.2) is 26.7 Å². The maximum absolute atomic E-state index is 12.7. The molecule has 0 unspecified atom stereocenters. The van der Waals surface area contributed by atoms with Gasteiger partial charge in [-0.25, -0.2) is 0 Å². The van der Waals surface area contributed by atoms with Crippen LogP contribution in [0.1, 0.15) is 11.3 Å². The number of hydrogen-bond acceptors (Lipinski definition) is 6. The number of carbonyl (C=O) groups excluding carboxylic acids is 1. The molecular weight excluding hydrogens is 508 g/mol. The number of benzene rings is 2. The van der Waals surface area contributed by atoms with Gasteiger partial charge in [-0.1, -0.05) is 42.1 Å². The number of nitro groups is 1. The average Bonchev–Trinajstić information content (AvgIpc) is 3.44. The van der Waals surface area contributed by atoms with Gasteiger partial charge in [0.15, 0.2) is 5.17 Å². The Bertz CT molecular complexity index is 1430. The standard InChI is InChI=1S/C23H13BrN4O4S/c24-18-10-14(28(30)31)6-8-16(18)20-9-7-15(32-20)11-17-21(25)27-19(13-4-2-1-3-5-13)12-33-23(27)26-22(17)29/h1-12,25H. The molecule has 2 aliphatic heterocycles. The van der Waals surface area contributed by atoms with Gasteiger partial charge in [-0.05, 0) is 45.8 Å². The summed E-state index contributed by atoms with van der Waals surface area (Å²) in [5.41, 5.74) is 2.38. The number of furan rings is 1. The molecule has 0 aliphatic carbocycles. The van der Waals surface area contributed by atoms with Crippen LogP contribution in [0.15, 0.2) is 85.5 Å². The molecule has 162 valence electrons. The van der Waals surface area contributed by atoms with E-state index in [4.69, 9.17) is 9.83 Å². The van der Waals surface area contributed by atoms with Gasteiger partial charge in [0.05, 0.1) is 16.2 Å². The summed E-state index contributed by atoms with van der Waals surface area (Å²) in [6.07, 6.45) is 1.49. The normalized spacial score (nSPS) is 16.6. The highest BCUT2D eigenvalue weighted by Crippen LogP contribution is 2.38. The highest BCUT2D eigenvalue weighted by molar-refractivity contribution is 9.10. The lowest BCUT2D eigenvalue weighted by Crippen LogP contribution is -2.37. The fourth-order valence-corrected chi connectivity index (χ4v) is 4.90. The van der Waals surface area contributed by atoms with Crippen molar-refractivity contribution < 1.29 is 14.1 Å². The lowest BCUT2D eigenvalue weighted by Gasteiger charge is -2.26. The summed E-state index contributed by atoms with van der Waals surface area (Å²) in [4.78, 5) is 28.9. The van der Waals surface area contributed by atoms with Gasteiger partial charge < -0.3 is 4.42 Å². The first-order chi connectivity index (χ1) is 15.9. The molecule has 33 heavy (non-hydrogen) atoms. The zero-order valence-corrected chi connectivity index (χ0v) is 19.1. The van der Waals surface area contributed by atoms with Gasteiger partial charge in [-0.15, -0.1) is 0 Å². The number of fused-ring (bicyclic) bond motifs is 1. The van der Waals surface area contributed by atoms with Gasteiger partial charge in [0.2, 0.25) is 0 Å². The first-order valence-electron chi connectivity index (χ1n) is 9.62. The minimum Gasteiger partial charge on any atom is -0.457 e. The van der Waals surface area contributed by atoms with Gasteiger partial charge >= 0.3 is 0 Å². The van der Waals surface area contributed by atoms with Crippen LogP contribution >= 0.6 is 27.7 Å². The molecule has 0 saturated carbocycles. The second-order valence-corrected chi connectivity index (χ2v) is 8.74. The first-order valence-corrected chi connectivity index (χ1v) is 11.3. The summed E-state index contributed by atoms with van der Waals surface area (Å²) in [7, 11) is 0. The third-order valence-electron chi connectivity index (χ3n) is 5.03. The maximum atomic E-state index is 12.7. The second-order valence-electron chi connectivity index (χ2n) is 7.05. The SMILES string of the molecule is N=C1C(=Cc2ccc(-c3ccc([N+](=O)[O-])cc3Br)o2)C(=O)N=C2SC=C(c3ccccc3)N12. The molecule has 0 fully saturated rings. The predicted molar refractivity (Wildman–Crippen MR) is 130 cm³/mol. The number of thioether (sulfide) groups is 1. The number of amidine groups is 2. The number of nitrogens with zero attached hydrogens (tertiary/aromatic N) is 3. The smallest absolute Gasteiger partial charge is 0.283 e. The summed E-state index contributed by atoms with van der Waals surface area (Å²) in [6, 6.07) is 17.3. The summed E-state index contributed by atoms with van der Waals surface area (Å²) >= 11 is 4.64. The largest absolute Gasteiger partial charge is 0.457 e. The Balaban J connectivity index is 1.47. The van der Waals surface area contributed by atoms with Crippen LogP contribution in [0.2, 0.25) is 0 Å². The number of nitrogens with one attached hydrogen (secondary N) is 1. The van der Waals surface area contributed by atoms with E-state index in [-0.39, 0.29) is 17.1 Å².